The van der Waals surface area contributed by atoms with Gasteiger partial charge in [-0.1, -0.05) is 0 Å². The van der Waals surface area contributed by atoms with E-state index in [-0.39, 0.29) is 11.4 Å². The number of phenolic OH excluding ortho intramolecular Hbond substituents is 1. The van der Waals surface area contributed by atoms with Crippen LogP contribution in [0.2, 0.25) is 0 Å². The lowest BCUT2D eigenvalue weighted by molar-refractivity contribution is 0.475. The molecule has 0 unspecified atom stereocenters. The van der Waals surface area contributed by atoms with Gasteiger partial charge in [-0.25, -0.2) is 5.10 Å². The Morgan fingerprint density at radius 2 is 1.93 bits per heavy atom. The Morgan fingerprint density at radius 1 is 1.27 bits per heavy atom. The lowest BCUT2D eigenvalue weighted by Crippen LogP contribution is -2.13. The Kier molecular flexibility index (Phi) is 2.13. The van der Waals surface area contributed by atoms with E-state index in [0.717, 1.165) is 5.56 Å². The molecule has 5 nitrogen and oxygen atoms in total. The predicted octanol–water partition coefficient (Wildman–Crippen LogP) is 0.725. The van der Waals surface area contributed by atoms with Crippen molar-refractivity contribution in [2.45, 2.75) is 0 Å². The number of H-pyrrole nitrogens is 1. The first-order valence-electron chi connectivity index (χ1n) is 4.31. The monoisotopic (exact) mass is 203 g/mol. The van der Waals surface area contributed by atoms with Gasteiger partial charge in [-0.15, -0.1) is 0 Å². The van der Waals surface area contributed by atoms with Crippen LogP contribution in [0.3, 0.4) is 0 Å². The zero-order chi connectivity index (χ0) is 10.8. The van der Waals surface area contributed by atoms with Gasteiger partial charge in [0.2, 0.25) is 0 Å². The van der Waals surface area contributed by atoms with E-state index in [9.17, 15) is 4.79 Å². The number of benzene rings is 1. The molecule has 0 saturated heterocycles. The van der Waals surface area contributed by atoms with Gasteiger partial charge in [0.1, 0.15) is 11.4 Å². The summed E-state index contributed by atoms with van der Waals surface area (Å²) in [6.45, 7) is 0. The molecule has 15 heavy (non-hydrogen) atoms. The van der Waals surface area contributed by atoms with Crippen LogP contribution in [0.15, 0.2) is 35.1 Å². The standard InChI is InChI=1S/C10H9N3O2/c11-8-5-9(12-13-10(8)15)6-1-3-7(14)4-2-6/h1-5,14H,(H2,11,12)(H,13,15). The minimum Gasteiger partial charge on any atom is -0.508 e. The van der Waals surface area contributed by atoms with E-state index in [1.165, 1.54) is 18.2 Å². The highest BCUT2D eigenvalue weighted by molar-refractivity contribution is 5.62. The second kappa shape index (κ2) is 3.45. The zero-order valence-corrected chi connectivity index (χ0v) is 7.77. The molecule has 0 fully saturated rings. The van der Waals surface area contributed by atoms with E-state index in [1.54, 1.807) is 12.1 Å². The first kappa shape index (κ1) is 9.26. The molecule has 1 heterocycles. The number of nitrogen functional groups attached to an aromatic ring is 1. The molecule has 1 aromatic carbocycles. The fourth-order valence-corrected chi connectivity index (χ4v) is 1.20. The summed E-state index contributed by atoms with van der Waals surface area (Å²) in [5, 5.41) is 15.2. The van der Waals surface area contributed by atoms with Gasteiger partial charge in [0.25, 0.3) is 5.56 Å². The average Bonchev–Trinajstić information content (AvgIpc) is 2.23. The number of anilines is 1. The number of hydrogen-bond acceptors (Lipinski definition) is 4. The number of nitrogens with one attached hydrogen (secondary N) is 1. The number of nitrogens with two attached hydrogens (primary N) is 1. The largest absolute Gasteiger partial charge is 0.508 e. The number of aromatic amines is 1. The number of aromatic nitrogens is 2. The van der Waals surface area contributed by atoms with Crippen LogP contribution in [-0.2, 0) is 0 Å². The van der Waals surface area contributed by atoms with Crippen LogP contribution in [0.4, 0.5) is 5.69 Å². The lowest BCUT2D eigenvalue weighted by atomic mass is 10.1. The van der Waals surface area contributed by atoms with Crippen molar-refractivity contribution in [3.05, 3.63) is 40.7 Å². The summed E-state index contributed by atoms with van der Waals surface area (Å²) in [7, 11) is 0. The Labute approximate surface area is 85.2 Å². The minimum atomic E-state index is -0.405. The fourth-order valence-electron chi connectivity index (χ4n) is 1.20. The number of hydrogen-bond donors (Lipinski definition) is 3. The van der Waals surface area contributed by atoms with Crippen molar-refractivity contribution >= 4 is 5.69 Å². The number of phenols is 1. The first-order chi connectivity index (χ1) is 7.16. The zero-order valence-electron chi connectivity index (χ0n) is 7.77. The average molecular weight is 203 g/mol. The van der Waals surface area contributed by atoms with Crippen LogP contribution in [-0.4, -0.2) is 15.3 Å². The molecule has 0 saturated carbocycles. The molecule has 0 aliphatic carbocycles. The third-order valence-electron chi connectivity index (χ3n) is 2.00. The highest BCUT2D eigenvalue weighted by atomic mass is 16.3. The highest BCUT2D eigenvalue weighted by Crippen LogP contribution is 2.19. The lowest BCUT2D eigenvalue weighted by Gasteiger charge is -2.00. The molecule has 4 N–H and O–H groups in total. The molecule has 5 heteroatoms. The molecule has 2 aromatic rings. The van der Waals surface area contributed by atoms with Crippen LogP contribution in [0, 0.1) is 0 Å². The van der Waals surface area contributed by atoms with E-state index in [0.29, 0.717) is 5.69 Å². The molecule has 0 radical (unpaired) electrons. The molecule has 0 bridgehead atoms. The Hall–Kier alpha value is -2.30. The van der Waals surface area contributed by atoms with E-state index in [4.69, 9.17) is 10.8 Å². The second-order valence-electron chi connectivity index (χ2n) is 3.08. The van der Waals surface area contributed by atoms with E-state index in [2.05, 4.69) is 10.2 Å². The van der Waals surface area contributed by atoms with Crippen LogP contribution >= 0.6 is 0 Å². The van der Waals surface area contributed by atoms with Gasteiger partial charge in [0, 0.05) is 5.56 Å². The molecule has 0 spiro atoms. The molecule has 0 atom stereocenters. The van der Waals surface area contributed by atoms with Gasteiger partial charge < -0.3 is 10.8 Å². The minimum absolute atomic E-state index is 0.119. The number of rotatable bonds is 1. The second-order valence-corrected chi connectivity index (χ2v) is 3.08. The summed E-state index contributed by atoms with van der Waals surface area (Å²) in [6.07, 6.45) is 0. The Balaban J connectivity index is 2.50. The van der Waals surface area contributed by atoms with Gasteiger partial charge in [0.15, 0.2) is 0 Å². The molecule has 76 valence electrons. The summed E-state index contributed by atoms with van der Waals surface area (Å²) in [6, 6.07) is 7.95. The summed E-state index contributed by atoms with van der Waals surface area (Å²) >= 11 is 0. The van der Waals surface area contributed by atoms with Crippen molar-refractivity contribution in [1.82, 2.24) is 10.2 Å². The molecule has 0 aliphatic heterocycles. The topological polar surface area (TPSA) is 92.0 Å². The van der Waals surface area contributed by atoms with Crippen molar-refractivity contribution < 1.29 is 5.11 Å². The third kappa shape index (κ3) is 1.80. The molecular formula is C10H9N3O2. The Morgan fingerprint density at radius 3 is 2.53 bits per heavy atom. The van der Waals surface area contributed by atoms with Crippen LogP contribution in [0.1, 0.15) is 0 Å². The van der Waals surface area contributed by atoms with E-state index < -0.39 is 5.56 Å². The predicted molar refractivity (Wildman–Crippen MR) is 56.4 cm³/mol. The van der Waals surface area contributed by atoms with Crippen molar-refractivity contribution in [2.24, 2.45) is 0 Å². The quantitative estimate of drug-likeness (QED) is 0.636. The Bertz CT molecular complexity index is 531. The number of aromatic hydroxyl groups is 1. The first-order valence-corrected chi connectivity index (χ1v) is 4.31. The van der Waals surface area contributed by atoms with Gasteiger partial charge in [-0.05, 0) is 30.3 Å². The fraction of sp³-hybridized carbons (Fsp3) is 0. The maximum atomic E-state index is 11.0. The highest BCUT2D eigenvalue weighted by Gasteiger charge is 2.02. The molecular weight excluding hydrogens is 194 g/mol. The normalized spacial score (nSPS) is 10.1. The molecule has 0 aliphatic rings. The van der Waals surface area contributed by atoms with Crippen molar-refractivity contribution in [3.63, 3.8) is 0 Å². The van der Waals surface area contributed by atoms with Crippen molar-refractivity contribution in [1.29, 1.82) is 0 Å². The third-order valence-corrected chi connectivity index (χ3v) is 2.00. The summed E-state index contributed by atoms with van der Waals surface area (Å²) < 4.78 is 0. The van der Waals surface area contributed by atoms with Gasteiger partial charge in [-0.2, -0.15) is 5.10 Å². The van der Waals surface area contributed by atoms with Crippen LogP contribution in [0.25, 0.3) is 11.3 Å². The SMILES string of the molecule is Nc1cc(-c2ccc(O)cc2)n[nH]c1=O. The maximum Gasteiger partial charge on any atom is 0.287 e. The summed E-state index contributed by atoms with van der Waals surface area (Å²) in [5.41, 5.74) is 6.50. The molecule has 1 aromatic heterocycles. The van der Waals surface area contributed by atoms with Gasteiger partial charge in [-0.3, -0.25) is 4.79 Å². The summed E-state index contributed by atoms with van der Waals surface area (Å²) in [4.78, 5) is 11.0. The van der Waals surface area contributed by atoms with Gasteiger partial charge in [0.05, 0.1) is 5.69 Å². The smallest absolute Gasteiger partial charge is 0.287 e. The van der Waals surface area contributed by atoms with E-state index >= 15 is 0 Å². The maximum absolute atomic E-state index is 11.0. The van der Waals surface area contributed by atoms with Crippen LogP contribution in [0.5, 0.6) is 5.75 Å². The summed E-state index contributed by atoms with van der Waals surface area (Å²) in [5.74, 6) is 0.177. The van der Waals surface area contributed by atoms with Crippen molar-refractivity contribution in [2.75, 3.05) is 5.73 Å². The van der Waals surface area contributed by atoms with Gasteiger partial charge >= 0.3 is 0 Å². The molecule has 0 amide bonds. The number of nitrogens with zero attached hydrogens (tertiary/aromatic N) is 1. The van der Waals surface area contributed by atoms with Crippen LogP contribution < -0.4 is 11.3 Å². The molecule has 2 rings (SSSR count). The van der Waals surface area contributed by atoms with E-state index in [1.807, 2.05) is 0 Å². The van der Waals surface area contributed by atoms with Crippen molar-refractivity contribution in [3.8, 4) is 17.0 Å².